The molecule has 26 heavy (non-hydrogen) atoms. The van der Waals surface area contributed by atoms with Gasteiger partial charge in [0.25, 0.3) is 11.8 Å². The Morgan fingerprint density at radius 3 is 2.54 bits per heavy atom. The van der Waals surface area contributed by atoms with Crippen molar-refractivity contribution in [1.29, 1.82) is 0 Å². The Morgan fingerprint density at radius 1 is 1.15 bits per heavy atom. The highest BCUT2D eigenvalue weighted by Gasteiger charge is 2.18. The van der Waals surface area contributed by atoms with Crippen LogP contribution in [0.25, 0.3) is 0 Å². The molecule has 1 unspecified atom stereocenters. The third-order valence-electron chi connectivity index (χ3n) is 3.82. The van der Waals surface area contributed by atoms with Crippen LogP contribution >= 0.6 is 22.9 Å². The molecule has 5 nitrogen and oxygen atoms in total. The molecule has 0 aliphatic rings. The van der Waals surface area contributed by atoms with Crippen molar-refractivity contribution in [2.45, 2.75) is 19.9 Å². The molecule has 1 atom stereocenters. The first kappa shape index (κ1) is 18.2. The van der Waals surface area contributed by atoms with Crippen LogP contribution in [0, 0.1) is 6.92 Å². The summed E-state index contributed by atoms with van der Waals surface area (Å²) in [5.41, 5.74) is 1.76. The van der Waals surface area contributed by atoms with E-state index in [0.717, 1.165) is 11.1 Å². The third-order valence-corrected chi connectivity index (χ3v) is 5.23. The molecule has 0 fully saturated rings. The van der Waals surface area contributed by atoms with Gasteiger partial charge in [0.1, 0.15) is 0 Å². The largest absolute Gasteiger partial charge is 0.459 e. The van der Waals surface area contributed by atoms with Gasteiger partial charge in [-0.1, -0.05) is 23.7 Å². The van der Waals surface area contributed by atoms with Gasteiger partial charge in [0.2, 0.25) is 0 Å². The van der Waals surface area contributed by atoms with Crippen molar-refractivity contribution in [3.05, 3.63) is 75.5 Å². The van der Waals surface area contributed by atoms with E-state index < -0.39 is 0 Å². The van der Waals surface area contributed by atoms with Gasteiger partial charge in [-0.2, -0.15) is 0 Å². The normalized spacial score (nSPS) is 11.8. The average molecular weight is 389 g/mol. The molecule has 0 spiro atoms. The molecule has 0 saturated carbocycles. The summed E-state index contributed by atoms with van der Waals surface area (Å²) >= 11 is 7.12. The predicted molar refractivity (Wildman–Crippen MR) is 103 cm³/mol. The fourth-order valence-electron chi connectivity index (χ4n) is 2.45. The zero-order valence-corrected chi connectivity index (χ0v) is 15.8. The van der Waals surface area contributed by atoms with Crippen LogP contribution in [-0.2, 0) is 0 Å². The van der Waals surface area contributed by atoms with E-state index in [2.05, 4.69) is 10.6 Å². The van der Waals surface area contributed by atoms with E-state index >= 15 is 0 Å². The van der Waals surface area contributed by atoms with Crippen molar-refractivity contribution >= 4 is 39.8 Å². The Hall–Kier alpha value is -2.57. The highest BCUT2D eigenvalue weighted by Crippen LogP contribution is 2.28. The van der Waals surface area contributed by atoms with E-state index in [9.17, 15) is 9.59 Å². The Morgan fingerprint density at radius 2 is 1.88 bits per heavy atom. The number of carbonyl (C=O) groups is 2. The van der Waals surface area contributed by atoms with Crippen molar-refractivity contribution < 1.29 is 14.0 Å². The Balaban J connectivity index is 1.68. The SMILES string of the molecule is Cc1cc(NC(=O)c2ccco2)sc1C(=O)NC(C)c1ccc(Cl)cc1. The maximum atomic E-state index is 12.6. The zero-order valence-electron chi connectivity index (χ0n) is 14.2. The minimum Gasteiger partial charge on any atom is -0.459 e. The average Bonchev–Trinajstić information content (AvgIpc) is 3.25. The molecule has 3 rings (SSSR count). The van der Waals surface area contributed by atoms with Crippen LogP contribution in [0.5, 0.6) is 0 Å². The van der Waals surface area contributed by atoms with Crippen molar-refractivity contribution in [2.24, 2.45) is 0 Å². The quantitative estimate of drug-likeness (QED) is 0.642. The van der Waals surface area contributed by atoms with Crippen LogP contribution in [0.15, 0.2) is 53.1 Å². The van der Waals surface area contributed by atoms with Gasteiger partial charge in [-0.05, 0) is 55.3 Å². The summed E-state index contributed by atoms with van der Waals surface area (Å²) in [6, 6.07) is 12.2. The molecule has 0 aliphatic heterocycles. The number of carbonyl (C=O) groups excluding carboxylic acids is 2. The summed E-state index contributed by atoms with van der Waals surface area (Å²) in [5.74, 6) is -0.315. The lowest BCUT2D eigenvalue weighted by atomic mass is 10.1. The van der Waals surface area contributed by atoms with Crippen molar-refractivity contribution in [3.63, 3.8) is 0 Å². The second-order valence-corrected chi connectivity index (χ2v) is 7.29. The molecule has 0 bridgehead atoms. The van der Waals surface area contributed by atoms with Gasteiger partial charge < -0.3 is 15.1 Å². The zero-order chi connectivity index (χ0) is 18.7. The molecule has 7 heteroatoms. The molecule has 2 heterocycles. The summed E-state index contributed by atoms with van der Waals surface area (Å²) in [5, 5.41) is 6.95. The van der Waals surface area contributed by atoms with E-state index in [1.807, 2.05) is 26.0 Å². The van der Waals surface area contributed by atoms with E-state index in [0.29, 0.717) is 14.9 Å². The number of aryl methyl sites for hydroxylation is 1. The van der Waals surface area contributed by atoms with Crippen LogP contribution in [0.2, 0.25) is 5.02 Å². The number of anilines is 1. The highest BCUT2D eigenvalue weighted by atomic mass is 35.5. The van der Waals surface area contributed by atoms with Crippen molar-refractivity contribution in [3.8, 4) is 0 Å². The van der Waals surface area contributed by atoms with Crippen LogP contribution in [0.4, 0.5) is 5.00 Å². The molecule has 2 N–H and O–H groups in total. The number of furan rings is 1. The monoisotopic (exact) mass is 388 g/mol. The predicted octanol–water partition coefficient (Wildman–Crippen LogP) is 5.05. The van der Waals surface area contributed by atoms with Crippen LogP contribution in [-0.4, -0.2) is 11.8 Å². The minimum atomic E-state index is -0.349. The lowest BCUT2D eigenvalue weighted by molar-refractivity contribution is 0.0942. The van der Waals surface area contributed by atoms with Gasteiger partial charge >= 0.3 is 0 Å². The third kappa shape index (κ3) is 4.15. The van der Waals surface area contributed by atoms with Crippen LogP contribution in [0.1, 0.15) is 44.3 Å². The maximum Gasteiger partial charge on any atom is 0.291 e. The summed E-state index contributed by atoms with van der Waals surface area (Å²) in [7, 11) is 0. The van der Waals surface area contributed by atoms with E-state index in [4.69, 9.17) is 16.0 Å². The fourth-order valence-corrected chi connectivity index (χ4v) is 3.54. The number of nitrogens with one attached hydrogen (secondary N) is 2. The molecule has 2 aromatic heterocycles. The first-order valence-corrected chi connectivity index (χ1v) is 9.15. The van der Waals surface area contributed by atoms with Gasteiger partial charge in [0.05, 0.1) is 22.2 Å². The Kier molecular flexibility index (Phi) is 5.44. The minimum absolute atomic E-state index is 0.164. The van der Waals surface area contributed by atoms with Gasteiger partial charge in [0, 0.05) is 5.02 Å². The summed E-state index contributed by atoms with van der Waals surface area (Å²) < 4.78 is 5.07. The smallest absolute Gasteiger partial charge is 0.291 e. The van der Waals surface area contributed by atoms with Crippen LogP contribution < -0.4 is 10.6 Å². The summed E-state index contributed by atoms with van der Waals surface area (Å²) in [4.78, 5) is 25.2. The summed E-state index contributed by atoms with van der Waals surface area (Å²) in [6.45, 7) is 3.74. The van der Waals surface area contributed by atoms with Gasteiger partial charge in [0.15, 0.2) is 5.76 Å². The van der Waals surface area contributed by atoms with E-state index in [1.54, 1.807) is 30.3 Å². The second-order valence-electron chi connectivity index (χ2n) is 5.80. The molecule has 3 aromatic rings. The van der Waals surface area contributed by atoms with E-state index in [-0.39, 0.29) is 23.6 Å². The van der Waals surface area contributed by atoms with Gasteiger partial charge in [-0.3, -0.25) is 9.59 Å². The number of halogens is 1. The lowest BCUT2D eigenvalue weighted by Gasteiger charge is -2.14. The first-order valence-electron chi connectivity index (χ1n) is 7.95. The number of hydrogen-bond acceptors (Lipinski definition) is 4. The number of benzene rings is 1. The first-order chi connectivity index (χ1) is 12.4. The fraction of sp³-hybridized carbons (Fsp3) is 0.158. The van der Waals surface area contributed by atoms with Gasteiger partial charge in [-0.15, -0.1) is 11.3 Å². The molecular weight excluding hydrogens is 372 g/mol. The number of amides is 2. The second kappa shape index (κ2) is 7.76. The summed E-state index contributed by atoms with van der Waals surface area (Å²) in [6.07, 6.45) is 1.44. The molecule has 134 valence electrons. The molecule has 0 saturated heterocycles. The van der Waals surface area contributed by atoms with Gasteiger partial charge in [-0.25, -0.2) is 0 Å². The molecule has 2 amide bonds. The Bertz CT molecular complexity index is 917. The highest BCUT2D eigenvalue weighted by molar-refractivity contribution is 7.18. The molecule has 1 aromatic carbocycles. The topological polar surface area (TPSA) is 71.3 Å². The van der Waals surface area contributed by atoms with Crippen molar-refractivity contribution in [2.75, 3.05) is 5.32 Å². The van der Waals surface area contributed by atoms with Crippen molar-refractivity contribution in [1.82, 2.24) is 5.32 Å². The van der Waals surface area contributed by atoms with Crippen LogP contribution in [0.3, 0.4) is 0 Å². The van der Waals surface area contributed by atoms with E-state index in [1.165, 1.54) is 17.6 Å². The molecular formula is C19H17ClN2O3S. The number of hydrogen-bond donors (Lipinski definition) is 2. The maximum absolute atomic E-state index is 12.6. The Labute approximate surface area is 160 Å². The number of thiophene rings is 1. The molecule has 0 radical (unpaired) electrons. The number of rotatable bonds is 5. The lowest BCUT2D eigenvalue weighted by Crippen LogP contribution is -2.26. The standard InChI is InChI=1S/C19H17ClN2O3S/c1-11-10-16(22-18(23)15-4-3-9-25-15)26-17(11)19(24)21-12(2)13-5-7-14(20)8-6-13/h3-10,12H,1-2H3,(H,21,24)(H,22,23). The molecule has 0 aliphatic carbocycles.